The summed E-state index contributed by atoms with van der Waals surface area (Å²) in [6, 6.07) is 9.25. The standard InChI is InChI=1S/C24H18FN9S/c25-21-4-3-20(35-21)14-6-27-7-18-13(14)5-17(29-18)24-23-16(32-33-24)2-1-15(31-23)19-8-28-9-22(30-19)34-10-12(26)11-34/h1-9,12,29H,10-11,26H2,(H,32,33). The maximum atomic E-state index is 13.7. The monoisotopic (exact) mass is 483 g/mol. The van der Waals surface area contributed by atoms with Crippen LogP contribution in [-0.2, 0) is 0 Å². The van der Waals surface area contributed by atoms with Gasteiger partial charge in [0, 0.05) is 41.2 Å². The van der Waals surface area contributed by atoms with Crippen molar-refractivity contribution < 1.29 is 4.39 Å². The Labute approximate surface area is 201 Å². The number of fused-ring (bicyclic) bond motifs is 2. The van der Waals surface area contributed by atoms with Crippen LogP contribution in [0.4, 0.5) is 10.2 Å². The first-order valence-electron chi connectivity index (χ1n) is 11.0. The van der Waals surface area contributed by atoms with Gasteiger partial charge in [0.15, 0.2) is 5.13 Å². The summed E-state index contributed by atoms with van der Waals surface area (Å²) in [6.07, 6.45) is 6.95. The van der Waals surface area contributed by atoms with Gasteiger partial charge < -0.3 is 15.6 Å². The number of halogens is 1. The van der Waals surface area contributed by atoms with E-state index in [1.807, 2.05) is 18.2 Å². The first-order chi connectivity index (χ1) is 17.1. The van der Waals surface area contributed by atoms with Crippen LogP contribution in [0.2, 0.25) is 0 Å². The molecule has 0 saturated carbocycles. The highest BCUT2D eigenvalue weighted by atomic mass is 32.1. The number of rotatable bonds is 4. The van der Waals surface area contributed by atoms with Crippen molar-refractivity contribution >= 4 is 39.1 Å². The van der Waals surface area contributed by atoms with Crippen LogP contribution in [0.5, 0.6) is 0 Å². The maximum Gasteiger partial charge on any atom is 0.176 e. The van der Waals surface area contributed by atoms with E-state index in [9.17, 15) is 4.39 Å². The Hall–Kier alpha value is -4.22. The minimum absolute atomic E-state index is 0.175. The Morgan fingerprint density at radius 3 is 2.69 bits per heavy atom. The molecule has 0 unspecified atom stereocenters. The molecule has 6 aromatic heterocycles. The van der Waals surface area contributed by atoms with Gasteiger partial charge in [0.1, 0.15) is 22.7 Å². The molecule has 1 aliphatic heterocycles. The van der Waals surface area contributed by atoms with Gasteiger partial charge in [-0.25, -0.2) is 9.97 Å². The second-order valence-electron chi connectivity index (χ2n) is 8.53. The Morgan fingerprint density at radius 1 is 0.971 bits per heavy atom. The fourth-order valence-corrected chi connectivity index (χ4v) is 5.15. The Balaban J connectivity index is 1.31. The van der Waals surface area contributed by atoms with Crippen LogP contribution in [0.25, 0.3) is 55.2 Å². The Bertz CT molecular complexity index is 1710. The molecule has 0 bridgehead atoms. The molecular formula is C24H18FN9S. The summed E-state index contributed by atoms with van der Waals surface area (Å²) in [6.45, 7) is 1.54. The van der Waals surface area contributed by atoms with E-state index < -0.39 is 0 Å². The second kappa shape index (κ2) is 7.65. The molecule has 1 saturated heterocycles. The summed E-state index contributed by atoms with van der Waals surface area (Å²) in [5, 5.41) is 8.29. The van der Waals surface area contributed by atoms with E-state index in [1.54, 1.807) is 30.9 Å². The number of nitrogens with one attached hydrogen (secondary N) is 2. The smallest absolute Gasteiger partial charge is 0.176 e. The predicted octanol–water partition coefficient (Wildman–Crippen LogP) is 3.97. The molecule has 0 radical (unpaired) electrons. The van der Waals surface area contributed by atoms with Gasteiger partial charge in [0.2, 0.25) is 0 Å². The molecule has 35 heavy (non-hydrogen) atoms. The molecule has 0 aliphatic carbocycles. The lowest BCUT2D eigenvalue weighted by Gasteiger charge is -2.37. The van der Waals surface area contributed by atoms with E-state index in [0.29, 0.717) is 22.6 Å². The molecule has 9 nitrogen and oxygen atoms in total. The quantitative estimate of drug-likeness (QED) is 0.346. The molecule has 0 aromatic carbocycles. The van der Waals surface area contributed by atoms with Crippen LogP contribution in [0.3, 0.4) is 0 Å². The highest BCUT2D eigenvalue weighted by Crippen LogP contribution is 2.36. The van der Waals surface area contributed by atoms with Crippen molar-refractivity contribution in [3.05, 3.63) is 60.3 Å². The first kappa shape index (κ1) is 20.2. The van der Waals surface area contributed by atoms with Crippen LogP contribution < -0.4 is 10.6 Å². The molecule has 172 valence electrons. The lowest BCUT2D eigenvalue weighted by atomic mass is 10.1. The molecular weight excluding hydrogens is 465 g/mol. The second-order valence-corrected chi connectivity index (χ2v) is 9.56. The van der Waals surface area contributed by atoms with Gasteiger partial charge in [-0.3, -0.25) is 15.1 Å². The van der Waals surface area contributed by atoms with Crippen LogP contribution in [-0.4, -0.2) is 54.2 Å². The molecule has 4 N–H and O–H groups in total. The third kappa shape index (κ3) is 3.35. The molecule has 0 atom stereocenters. The highest BCUT2D eigenvalue weighted by Gasteiger charge is 2.25. The number of nitrogens with zero attached hydrogens (tertiary/aromatic N) is 6. The largest absolute Gasteiger partial charge is 0.352 e. The fraction of sp³-hybridized carbons (Fsp3) is 0.125. The van der Waals surface area contributed by atoms with Gasteiger partial charge in [0.05, 0.1) is 41.0 Å². The number of anilines is 1. The predicted molar refractivity (Wildman–Crippen MR) is 133 cm³/mol. The van der Waals surface area contributed by atoms with Gasteiger partial charge in [-0.1, -0.05) is 0 Å². The van der Waals surface area contributed by atoms with Gasteiger partial charge in [-0.05, 0) is 30.3 Å². The van der Waals surface area contributed by atoms with Gasteiger partial charge in [-0.2, -0.15) is 9.49 Å². The lowest BCUT2D eigenvalue weighted by Crippen LogP contribution is -2.56. The molecule has 0 amide bonds. The van der Waals surface area contributed by atoms with Gasteiger partial charge >= 0.3 is 0 Å². The van der Waals surface area contributed by atoms with E-state index >= 15 is 0 Å². The van der Waals surface area contributed by atoms with Gasteiger partial charge in [0.25, 0.3) is 0 Å². The zero-order valence-electron chi connectivity index (χ0n) is 18.2. The van der Waals surface area contributed by atoms with E-state index in [4.69, 9.17) is 15.7 Å². The third-order valence-corrected chi connectivity index (χ3v) is 7.07. The topological polar surface area (TPSA) is 125 Å². The summed E-state index contributed by atoms with van der Waals surface area (Å²) < 4.78 is 13.7. The van der Waals surface area contributed by atoms with E-state index in [1.165, 1.54) is 6.07 Å². The number of nitrogens with two attached hydrogens (primary N) is 1. The number of aromatic nitrogens is 7. The Kier molecular flexibility index (Phi) is 4.41. The number of H-pyrrole nitrogens is 2. The summed E-state index contributed by atoms with van der Waals surface area (Å²) >= 11 is 1.10. The molecule has 11 heteroatoms. The van der Waals surface area contributed by atoms with Gasteiger partial charge in [-0.15, -0.1) is 11.3 Å². The van der Waals surface area contributed by atoms with E-state index in [2.05, 4.69) is 30.0 Å². The first-order valence-corrected chi connectivity index (χ1v) is 11.8. The molecule has 1 aliphatic rings. The molecule has 0 spiro atoms. The normalized spacial score (nSPS) is 14.2. The maximum absolute atomic E-state index is 13.7. The van der Waals surface area contributed by atoms with E-state index in [0.717, 1.165) is 62.8 Å². The summed E-state index contributed by atoms with van der Waals surface area (Å²) in [4.78, 5) is 24.6. The van der Waals surface area contributed by atoms with Crippen molar-refractivity contribution in [3.63, 3.8) is 0 Å². The number of hydrogen-bond acceptors (Lipinski definition) is 8. The number of hydrogen-bond donors (Lipinski definition) is 3. The van der Waals surface area contributed by atoms with Crippen molar-refractivity contribution in [1.82, 2.24) is 35.1 Å². The summed E-state index contributed by atoms with van der Waals surface area (Å²) in [7, 11) is 0. The van der Waals surface area contributed by atoms with Crippen molar-refractivity contribution in [1.29, 1.82) is 0 Å². The average Bonchev–Trinajstić information content (AvgIpc) is 3.59. The fourth-order valence-electron chi connectivity index (χ4n) is 4.39. The van der Waals surface area contributed by atoms with E-state index in [-0.39, 0.29) is 11.2 Å². The molecule has 6 aromatic rings. The number of pyridine rings is 2. The van der Waals surface area contributed by atoms with Crippen LogP contribution in [0.15, 0.2) is 55.1 Å². The van der Waals surface area contributed by atoms with Crippen LogP contribution in [0.1, 0.15) is 0 Å². The minimum Gasteiger partial charge on any atom is -0.352 e. The summed E-state index contributed by atoms with van der Waals surface area (Å²) in [5.74, 6) is 0.791. The number of thiophene rings is 1. The Morgan fingerprint density at radius 2 is 1.86 bits per heavy atom. The lowest BCUT2D eigenvalue weighted by molar-refractivity contribution is 0.514. The number of aromatic amines is 2. The van der Waals surface area contributed by atoms with Crippen molar-refractivity contribution in [3.8, 4) is 33.2 Å². The zero-order chi connectivity index (χ0) is 23.5. The SMILES string of the molecule is NC1CN(c2cncc(-c3ccc4[nH]nc(-c5cc6c(-c7ccc(F)s7)cncc6[nH]5)c4n3)n2)C1. The van der Waals surface area contributed by atoms with Crippen LogP contribution in [0, 0.1) is 5.13 Å². The third-order valence-electron chi connectivity index (χ3n) is 6.17. The highest BCUT2D eigenvalue weighted by molar-refractivity contribution is 7.14. The molecule has 7 rings (SSSR count). The van der Waals surface area contributed by atoms with Crippen molar-refractivity contribution in [2.45, 2.75) is 6.04 Å². The van der Waals surface area contributed by atoms with Crippen LogP contribution >= 0.6 is 11.3 Å². The molecule has 1 fully saturated rings. The van der Waals surface area contributed by atoms with Crippen molar-refractivity contribution in [2.24, 2.45) is 5.73 Å². The molecule has 7 heterocycles. The zero-order valence-corrected chi connectivity index (χ0v) is 19.1. The average molecular weight is 484 g/mol. The minimum atomic E-state index is -0.230. The van der Waals surface area contributed by atoms with Crippen molar-refractivity contribution in [2.75, 3.05) is 18.0 Å². The summed E-state index contributed by atoms with van der Waals surface area (Å²) in [5.41, 5.74) is 12.0.